The molecule has 0 saturated carbocycles. The van der Waals surface area contributed by atoms with Gasteiger partial charge in [0.15, 0.2) is 0 Å². The molecule has 0 radical (unpaired) electrons. The minimum absolute atomic E-state index is 0.262. The fourth-order valence-corrected chi connectivity index (χ4v) is 1.82. The Morgan fingerprint density at radius 3 is 1.25 bits per heavy atom. The van der Waals surface area contributed by atoms with Crippen molar-refractivity contribution < 1.29 is 28.8 Å². The predicted octanol–water partition coefficient (Wildman–Crippen LogP) is -3.29. The summed E-state index contributed by atoms with van der Waals surface area (Å²) in [5, 5.41) is -0.524. The van der Waals surface area contributed by atoms with Crippen molar-refractivity contribution in [1.82, 2.24) is 9.97 Å². The van der Waals surface area contributed by atoms with Crippen molar-refractivity contribution in [3.05, 3.63) is 22.1 Å². The topological polar surface area (TPSA) is 128 Å². The van der Waals surface area contributed by atoms with Gasteiger partial charge in [-0.05, 0) is 0 Å². The number of hydrogen-bond donors (Lipinski definition) is 0. The van der Waals surface area contributed by atoms with Gasteiger partial charge >= 0.3 is 0 Å². The lowest BCUT2D eigenvalue weighted by Gasteiger charge is -2.08. The zero-order chi connectivity index (χ0) is 14.6. The zero-order valence-electron chi connectivity index (χ0n) is 9.50. The Kier molecular flexibility index (Phi) is 2.18. The van der Waals surface area contributed by atoms with E-state index in [4.69, 9.17) is 0 Å². The molecule has 2 aliphatic carbocycles. The van der Waals surface area contributed by atoms with Crippen LogP contribution in [0.25, 0.3) is 12.2 Å². The molecule has 3 rings (SSSR count). The maximum absolute atomic E-state index is 11.6. The maximum atomic E-state index is 11.6. The second-order valence-electron chi connectivity index (χ2n) is 4.02. The first-order chi connectivity index (χ1) is 9.40. The average molecular weight is 270 g/mol. The van der Waals surface area contributed by atoms with E-state index in [1.54, 1.807) is 0 Å². The van der Waals surface area contributed by atoms with E-state index in [0.29, 0.717) is 0 Å². The van der Waals surface area contributed by atoms with Crippen LogP contribution in [0.1, 0.15) is 21.0 Å². The van der Waals surface area contributed by atoms with E-state index in [2.05, 4.69) is 9.97 Å². The molecule has 8 nitrogen and oxygen atoms in total. The minimum atomic E-state index is -1.27. The summed E-state index contributed by atoms with van der Waals surface area (Å²) in [7, 11) is 0. The van der Waals surface area contributed by atoms with E-state index < -0.39 is 46.1 Å². The number of nitrogens with zero attached hydrogens (tertiary/aromatic N) is 2. The summed E-state index contributed by atoms with van der Waals surface area (Å²) in [5.41, 5.74) is -0.834. The van der Waals surface area contributed by atoms with Gasteiger partial charge < -0.3 is 0 Å². The molecule has 0 spiro atoms. The zero-order valence-corrected chi connectivity index (χ0v) is 9.50. The average Bonchev–Trinajstić information content (AvgIpc) is 2.42. The van der Waals surface area contributed by atoms with Crippen molar-refractivity contribution in [2.45, 2.75) is 0 Å². The van der Waals surface area contributed by atoms with Crippen molar-refractivity contribution in [3.8, 4) is 0 Å². The molecule has 0 atom stereocenters. The third-order valence-electron chi connectivity index (χ3n) is 2.78. The highest BCUT2D eigenvalue weighted by Gasteiger charge is 2.34. The molecule has 0 bridgehead atoms. The Morgan fingerprint density at radius 1 is 0.550 bits per heavy atom. The molecule has 96 valence electrons. The molecular formula is C12H2N2O6. The third kappa shape index (κ3) is 1.41. The van der Waals surface area contributed by atoms with Crippen molar-refractivity contribution >= 4 is 46.9 Å². The molecule has 8 heteroatoms. The Hall–Kier alpha value is -3.16. The Labute approximate surface area is 108 Å². The second-order valence-corrected chi connectivity index (χ2v) is 4.02. The van der Waals surface area contributed by atoms with Crippen LogP contribution in [0.4, 0.5) is 0 Å². The quantitative estimate of drug-likeness (QED) is 0.448. The molecule has 0 fully saturated rings. The molecule has 0 saturated heterocycles. The molecule has 2 aliphatic rings. The Morgan fingerprint density at radius 2 is 0.900 bits per heavy atom. The number of rotatable bonds is 0. The first-order valence-corrected chi connectivity index (χ1v) is 5.27. The van der Waals surface area contributed by atoms with Gasteiger partial charge in [-0.15, -0.1) is 0 Å². The molecule has 0 aromatic carbocycles. The van der Waals surface area contributed by atoms with Crippen molar-refractivity contribution in [3.63, 3.8) is 0 Å². The van der Waals surface area contributed by atoms with Crippen LogP contribution >= 0.6 is 0 Å². The Bertz CT molecular complexity index is 833. The normalized spacial score (nSPS) is 17.4. The lowest BCUT2D eigenvalue weighted by molar-refractivity contribution is -0.130. The predicted molar refractivity (Wildman–Crippen MR) is 58.9 cm³/mol. The highest BCUT2D eigenvalue weighted by Crippen LogP contribution is 2.01. The molecule has 0 unspecified atom stereocenters. The lowest BCUT2D eigenvalue weighted by atomic mass is 10.0. The monoisotopic (exact) mass is 270 g/mol. The molecule has 1 heterocycles. The summed E-state index contributed by atoms with van der Waals surface area (Å²) in [6.45, 7) is 0. The SMILES string of the molecule is O=C1C=c2nc3c(nc2C(=O)C1=O)=CC(=O)C(=O)C3=O. The smallest absolute Gasteiger partial charge is 0.275 e. The van der Waals surface area contributed by atoms with Crippen LogP contribution in [0.3, 0.4) is 0 Å². The van der Waals surface area contributed by atoms with Crippen LogP contribution in [0.15, 0.2) is 0 Å². The van der Waals surface area contributed by atoms with Crippen molar-refractivity contribution in [2.24, 2.45) is 0 Å². The molecule has 1 aromatic heterocycles. The number of Topliss-reactive ketones (excluding diaryl/α,β-unsaturated/α-hetero) is 6. The largest absolute Gasteiger partial charge is 0.285 e. The summed E-state index contributed by atoms with van der Waals surface area (Å²) in [6.07, 6.45) is 1.53. The van der Waals surface area contributed by atoms with Crippen LogP contribution in [0.2, 0.25) is 0 Å². The number of ketones is 6. The summed E-state index contributed by atoms with van der Waals surface area (Å²) >= 11 is 0. The second kappa shape index (κ2) is 3.67. The molecule has 20 heavy (non-hydrogen) atoms. The summed E-state index contributed by atoms with van der Waals surface area (Å²) in [4.78, 5) is 75.5. The molecular weight excluding hydrogens is 268 g/mol. The van der Waals surface area contributed by atoms with Crippen LogP contribution < -0.4 is 10.7 Å². The van der Waals surface area contributed by atoms with Gasteiger partial charge in [-0.1, -0.05) is 0 Å². The summed E-state index contributed by atoms with van der Waals surface area (Å²) < 4.78 is 0. The minimum Gasteiger partial charge on any atom is -0.285 e. The molecule has 0 N–H and O–H groups in total. The summed E-state index contributed by atoms with van der Waals surface area (Å²) in [5.74, 6) is -7.01. The number of carbonyl (C=O) groups is 6. The van der Waals surface area contributed by atoms with Gasteiger partial charge in [-0.2, -0.15) is 0 Å². The van der Waals surface area contributed by atoms with E-state index >= 15 is 0 Å². The number of aromatic nitrogens is 2. The highest BCUT2D eigenvalue weighted by atomic mass is 16.2. The van der Waals surface area contributed by atoms with Crippen molar-refractivity contribution in [2.75, 3.05) is 0 Å². The van der Waals surface area contributed by atoms with Gasteiger partial charge in [0.1, 0.15) is 11.4 Å². The van der Waals surface area contributed by atoms with Crippen LogP contribution in [-0.4, -0.2) is 44.7 Å². The molecule has 1 aromatic rings. The first kappa shape index (κ1) is 11.9. The van der Waals surface area contributed by atoms with Gasteiger partial charge in [0.05, 0.1) is 10.7 Å². The lowest BCUT2D eigenvalue weighted by Crippen LogP contribution is -2.45. The maximum Gasteiger partial charge on any atom is 0.275 e. The van der Waals surface area contributed by atoms with E-state index in [9.17, 15) is 28.8 Å². The fraction of sp³-hybridized carbons (Fsp3) is 0. The van der Waals surface area contributed by atoms with E-state index in [1.807, 2.05) is 0 Å². The molecule has 0 aliphatic heterocycles. The first-order valence-electron chi connectivity index (χ1n) is 5.27. The van der Waals surface area contributed by atoms with Gasteiger partial charge in [0, 0.05) is 12.2 Å². The summed E-state index contributed by atoms with van der Waals surface area (Å²) in [6, 6.07) is 0. The van der Waals surface area contributed by atoms with E-state index in [-0.39, 0.29) is 10.7 Å². The van der Waals surface area contributed by atoms with Crippen LogP contribution in [0, 0.1) is 0 Å². The van der Waals surface area contributed by atoms with Crippen molar-refractivity contribution in [1.29, 1.82) is 0 Å². The van der Waals surface area contributed by atoms with Crippen LogP contribution in [-0.2, 0) is 19.2 Å². The highest BCUT2D eigenvalue weighted by molar-refractivity contribution is 6.74. The fourth-order valence-electron chi connectivity index (χ4n) is 1.82. The number of carbonyl (C=O) groups excluding carboxylic acids is 6. The van der Waals surface area contributed by atoms with Gasteiger partial charge in [-0.25, -0.2) is 9.97 Å². The molecule has 0 amide bonds. The third-order valence-corrected chi connectivity index (χ3v) is 2.78. The van der Waals surface area contributed by atoms with Gasteiger partial charge in [0.25, 0.3) is 23.1 Å². The van der Waals surface area contributed by atoms with Crippen LogP contribution in [0.5, 0.6) is 0 Å². The van der Waals surface area contributed by atoms with E-state index in [0.717, 1.165) is 12.2 Å². The van der Waals surface area contributed by atoms with E-state index in [1.165, 1.54) is 0 Å². The standard InChI is InChI=1S/C12H2N2O6/c15-5-1-3-7(11(19)9(5)17)14-4-2-6(16)10(18)12(20)8(4)13-3/h1-2H. The van der Waals surface area contributed by atoms with Gasteiger partial charge in [-0.3, -0.25) is 28.8 Å². The number of fused-ring (bicyclic) bond motifs is 2. The van der Waals surface area contributed by atoms with Gasteiger partial charge in [0.2, 0.25) is 11.6 Å². The number of hydrogen-bond acceptors (Lipinski definition) is 8. The Balaban J connectivity index is 2.42.